The highest BCUT2D eigenvalue weighted by Gasteiger charge is 2.17. The van der Waals surface area contributed by atoms with Gasteiger partial charge in [-0.2, -0.15) is 0 Å². The van der Waals surface area contributed by atoms with Gasteiger partial charge in [0.2, 0.25) is 0 Å². The third kappa shape index (κ3) is 4.55. The summed E-state index contributed by atoms with van der Waals surface area (Å²) in [7, 11) is 0. The van der Waals surface area contributed by atoms with Crippen LogP contribution in [0.5, 0.6) is 0 Å². The van der Waals surface area contributed by atoms with Gasteiger partial charge in [0.05, 0.1) is 0 Å². The van der Waals surface area contributed by atoms with E-state index in [-0.39, 0.29) is 10.7 Å². The monoisotopic (exact) mass is 291 g/mol. The SMILES string of the molecule is CC(C)(C)c1ccc(SC(=O)NC2CCCCC2)cc1. The molecule has 0 unspecified atom stereocenters. The molecule has 3 heteroatoms. The molecule has 0 aliphatic heterocycles. The van der Waals surface area contributed by atoms with Gasteiger partial charge in [-0.25, -0.2) is 0 Å². The number of nitrogens with one attached hydrogen (secondary N) is 1. The molecule has 1 N–H and O–H groups in total. The highest BCUT2D eigenvalue weighted by atomic mass is 32.2. The van der Waals surface area contributed by atoms with E-state index in [0.717, 1.165) is 17.7 Å². The second kappa shape index (κ2) is 6.66. The number of rotatable bonds is 2. The van der Waals surface area contributed by atoms with Gasteiger partial charge in [0.25, 0.3) is 5.24 Å². The highest BCUT2D eigenvalue weighted by molar-refractivity contribution is 8.13. The zero-order chi connectivity index (χ0) is 14.6. The Morgan fingerprint density at radius 1 is 1.10 bits per heavy atom. The molecule has 0 aromatic heterocycles. The van der Waals surface area contributed by atoms with Gasteiger partial charge < -0.3 is 5.32 Å². The van der Waals surface area contributed by atoms with Gasteiger partial charge in [-0.3, -0.25) is 4.79 Å². The van der Waals surface area contributed by atoms with Crippen LogP contribution in [0.2, 0.25) is 0 Å². The number of amides is 1. The summed E-state index contributed by atoms with van der Waals surface area (Å²) < 4.78 is 0. The maximum absolute atomic E-state index is 12.0. The number of carbonyl (C=O) groups excluding carboxylic acids is 1. The van der Waals surface area contributed by atoms with Crippen molar-refractivity contribution in [3.63, 3.8) is 0 Å². The first-order valence-corrected chi connectivity index (χ1v) is 8.36. The minimum Gasteiger partial charge on any atom is -0.344 e. The Bertz CT molecular complexity index is 441. The quantitative estimate of drug-likeness (QED) is 0.766. The Hall–Kier alpha value is -0.960. The predicted molar refractivity (Wildman–Crippen MR) is 86.4 cm³/mol. The van der Waals surface area contributed by atoms with E-state index in [1.807, 2.05) is 12.1 Å². The lowest BCUT2D eigenvalue weighted by atomic mass is 9.87. The van der Waals surface area contributed by atoms with Gasteiger partial charge in [-0.1, -0.05) is 52.2 Å². The minimum absolute atomic E-state index is 0.0837. The molecule has 0 heterocycles. The van der Waals surface area contributed by atoms with Gasteiger partial charge in [0.15, 0.2) is 0 Å². The number of thioether (sulfide) groups is 1. The second-order valence-corrected chi connectivity index (χ2v) is 7.69. The Balaban J connectivity index is 1.87. The molecule has 1 fully saturated rings. The van der Waals surface area contributed by atoms with E-state index in [4.69, 9.17) is 0 Å². The van der Waals surface area contributed by atoms with E-state index < -0.39 is 0 Å². The van der Waals surface area contributed by atoms with Crippen molar-refractivity contribution in [1.82, 2.24) is 5.32 Å². The normalized spacial score (nSPS) is 16.9. The van der Waals surface area contributed by atoms with Crippen molar-refractivity contribution in [3.05, 3.63) is 29.8 Å². The van der Waals surface area contributed by atoms with Crippen LogP contribution < -0.4 is 5.32 Å². The molecule has 1 aromatic rings. The highest BCUT2D eigenvalue weighted by Crippen LogP contribution is 2.26. The summed E-state index contributed by atoms with van der Waals surface area (Å²) in [4.78, 5) is 13.0. The zero-order valence-electron chi connectivity index (χ0n) is 12.7. The average molecular weight is 291 g/mol. The molecule has 1 aliphatic carbocycles. The molecule has 0 radical (unpaired) electrons. The van der Waals surface area contributed by atoms with Gasteiger partial charge in [0.1, 0.15) is 0 Å². The molecule has 1 aliphatic rings. The van der Waals surface area contributed by atoms with Crippen molar-refractivity contribution >= 4 is 17.0 Å². The summed E-state index contributed by atoms with van der Waals surface area (Å²) in [6.07, 6.45) is 6.07. The molecular formula is C17H25NOS. The molecule has 0 spiro atoms. The Labute approximate surface area is 126 Å². The van der Waals surface area contributed by atoms with E-state index >= 15 is 0 Å². The Kier molecular flexibility index (Phi) is 5.14. The fraction of sp³-hybridized carbons (Fsp3) is 0.588. The Morgan fingerprint density at radius 2 is 1.70 bits per heavy atom. The number of hydrogen-bond acceptors (Lipinski definition) is 2. The van der Waals surface area contributed by atoms with Crippen LogP contribution in [-0.4, -0.2) is 11.3 Å². The first-order valence-electron chi connectivity index (χ1n) is 7.54. The van der Waals surface area contributed by atoms with Crippen LogP contribution in [0.15, 0.2) is 29.2 Å². The van der Waals surface area contributed by atoms with Crippen molar-refractivity contribution in [2.45, 2.75) is 69.2 Å². The largest absolute Gasteiger partial charge is 0.344 e. The molecule has 1 amide bonds. The number of carbonyl (C=O) groups is 1. The van der Waals surface area contributed by atoms with Crippen molar-refractivity contribution in [2.75, 3.05) is 0 Å². The van der Waals surface area contributed by atoms with Crippen LogP contribution in [0, 0.1) is 0 Å². The standard InChI is InChI=1S/C17H25NOS/c1-17(2,3)13-9-11-15(12-10-13)20-16(19)18-14-7-5-4-6-8-14/h9-12,14H,4-8H2,1-3H3,(H,18,19). The molecular weight excluding hydrogens is 266 g/mol. The predicted octanol–water partition coefficient (Wildman–Crippen LogP) is 5.12. The van der Waals surface area contributed by atoms with Gasteiger partial charge in [0, 0.05) is 10.9 Å². The lowest BCUT2D eigenvalue weighted by Crippen LogP contribution is -2.33. The van der Waals surface area contributed by atoms with E-state index in [2.05, 4.69) is 38.2 Å². The van der Waals surface area contributed by atoms with Crippen molar-refractivity contribution in [3.8, 4) is 0 Å². The Morgan fingerprint density at radius 3 is 2.25 bits per heavy atom. The molecule has 1 saturated carbocycles. The minimum atomic E-state index is 0.0837. The summed E-state index contributed by atoms with van der Waals surface area (Å²) in [5, 5.41) is 3.22. The summed E-state index contributed by atoms with van der Waals surface area (Å²) in [6, 6.07) is 8.72. The summed E-state index contributed by atoms with van der Waals surface area (Å²) in [5.41, 5.74) is 1.46. The van der Waals surface area contributed by atoms with Crippen LogP contribution >= 0.6 is 11.8 Å². The smallest absolute Gasteiger partial charge is 0.284 e. The van der Waals surface area contributed by atoms with Gasteiger partial charge >= 0.3 is 0 Å². The molecule has 20 heavy (non-hydrogen) atoms. The van der Waals surface area contributed by atoms with Crippen molar-refractivity contribution in [2.24, 2.45) is 0 Å². The fourth-order valence-corrected chi connectivity index (χ4v) is 3.28. The van der Waals surface area contributed by atoms with E-state index in [1.165, 1.54) is 36.6 Å². The maximum Gasteiger partial charge on any atom is 0.284 e. The van der Waals surface area contributed by atoms with Crippen molar-refractivity contribution in [1.29, 1.82) is 0 Å². The molecule has 2 nitrogen and oxygen atoms in total. The molecule has 0 saturated heterocycles. The van der Waals surface area contributed by atoms with Gasteiger partial charge in [-0.05, 0) is 47.7 Å². The lowest BCUT2D eigenvalue weighted by Gasteiger charge is -2.22. The average Bonchev–Trinajstić information content (AvgIpc) is 2.39. The van der Waals surface area contributed by atoms with E-state index in [9.17, 15) is 4.79 Å². The second-order valence-electron chi connectivity index (χ2n) is 6.64. The van der Waals surface area contributed by atoms with Crippen LogP contribution in [0.3, 0.4) is 0 Å². The third-order valence-electron chi connectivity index (χ3n) is 3.86. The van der Waals surface area contributed by atoms with Crippen LogP contribution in [0.25, 0.3) is 0 Å². The molecule has 0 bridgehead atoms. The third-order valence-corrected chi connectivity index (χ3v) is 4.67. The molecule has 1 aromatic carbocycles. The van der Waals surface area contributed by atoms with Crippen LogP contribution in [0.4, 0.5) is 4.79 Å². The number of hydrogen-bond donors (Lipinski definition) is 1. The number of benzene rings is 1. The van der Waals surface area contributed by atoms with E-state index in [1.54, 1.807) is 0 Å². The fourth-order valence-electron chi connectivity index (χ4n) is 2.57. The summed E-state index contributed by atoms with van der Waals surface area (Å²) in [5.74, 6) is 0. The molecule has 2 rings (SSSR count). The first kappa shape index (κ1) is 15.4. The van der Waals surface area contributed by atoms with Crippen molar-refractivity contribution < 1.29 is 4.79 Å². The van der Waals surface area contributed by atoms with Crippen LogP contribution in [0.1, 0.15) is 58.4 Å². The zero-order valence-corrected chi connectivity index (χ0v) is 13.6. The summed E-state index contributed by atoms with van der Waals surface area (Å²) >= 11 is 1.31. The summed E-state index contributed by atoms with van der Waals surface area (Å²) in [6.45, 7) is 6.60. The topological polar surface area (TPSA) is 29.1 Å². The molecule has 110 valence electrons. The maximum atomic E-state index is 12.0. The first-order chi connectivity index (χ1) is 9.45. The lowest BCUT2D eigenvalue weighted by molar-refractivity contribution is 0.253. The van der Waals surface area contributed by atoms with E-state index in [0.29, 0.717) is 6.04 Å². The molecule has 0 atom stereocenters. The van der Waals surface area contributed by atoms with Crippen LogP contribution in [-0.2, 0) is 5.41 Å². The van der Waals surface area contributed by atoms with Gasteiger partial charge in [-0.15, -0.1) is 0 Å².